The van der Waals surface area contributed by atoms with E-state index in [0.29, 0.717) is 6.04 Å². The number of hydrogen-bond donors (Lipinski definition) is 1. The minimum atomic E-state index is 0.563. The van der Waals surface area contributed by atoms with Crippen molar-refractivity contribution in [2.75, 3.05) is 0 Å². The molecule has 0 spiro atoms. The summed E-state index contributed by atoms with van der Waals surface area (Å²) in [6.07, 6.45) is 6.99. The molecule has 0 bridgehead atoms. The van der Waals surface area contributed by atoms with Gasteiger partial charge in [-0.25, -0.2) is 0 Å². The van der Waals surface area contributed by atoms with Gasteiger partial charge in [-0.3, -0.25) is 0 Å². The maximum Gasteiger partial charge on any atom is 0.180 e. The largest absolute Gasteiger partial charge is 0.352 e. The molecule has 1 aliphatic rings. The Balaban J connectivity index is 1.80. The smallest absolute Gasteiger partial charge is 0.180 e. The number of rotatable bonds is 2. The van der Waals surface area contributed by atoms with E-state index in [9.17, 15) is 0 Å². The number of aromatic nitrogens is 4. The number of H-pyrrole nitrogens is 1. The SMILES string of the molecule is Cc1ccc2[nH]c(-c3nncn3C3CCCC3)cc2c1. The Morgan fingerprint density at radius 3 is 2.90 bits per heavy atom. The molecule has 1 saturated carbocycles. The summed E-state index contributed by atoms with van der Waals surface area (Å²) in [6, 6.07) is 9.20. The van der Waals surface area contributed by atoms with Gasteiger partial charge in [-0.05, 0) is 38.0 Å². The lowest BCUT2D eigenvalue weighted by Gasteiger charge is -2.12. The molecule has 102 valence electrons. The van der Waals surface area contributed by atoms with Gasteiger partial charge in [0, 0.05) is 16.9 Å². The van der Waals surface area contributed by atoms with Gasteiger partial charge in [-0.1, -0.05) is 24.5 Å². The number of aryl methyl sites for hydroxylation is 1. The minimum Gasteiger partial charge on any atom is -0.352 e. The fraction of sp³-hybridized carbons (Fsp3) is 0.375. The van der Waals surface area contributed by atoms with Crippen LogP contribution in [0.5, 0.6) is 0 Å². The fourth-order valence-electron chi connectivity index (χ4n) is 3.26. The molecule has 0 saturated heterocycles. The second-order valence-corrected chi connectivity index (χ2v) is 5.77. The van der Waals surface area contributed by atoms with E-state index in [1.807, 2.05) is 6.33 Å². The van der Waals surface area contributed by atoms with E-state index < -0.39 is 0 Å². The van der Waals surface area contributed by atoms with Crippen molar-refractivity contribution < 1.29 is 0 Å². The lowest BCUT2D eigenvalue weighted by molar-refractivity contribution is 0.521. The Kier molecular flexibility index (Phi) is 2.62. The molecule has 0 atom stereocenters. The Hall–Kier alpha value is -2.10. The molecule has 0 radical (unpaired) electrons. The third kappa shape index (κ3) is 1.83. The van der Waals surface area contributed by atoms with Gasteiger partial charge in [-0.15, -0.1) is 10.2 Å². The van der Waals surface area contributed by atoms with E-state index in [2.05, 4.69) is 50.9 Å². The third-order valence-electron chi connectivity index (χ3n) is 4.31. The first kappa shape index (κ1) is 11.7. The van der Waals surface area contributed by atoms with E-state index in [-0.39, 0.29) is 0 Å². The molecule has 0 unspecified atom stereocenters. The molecule has 0 aliphatic heterocycles. The highest BCUT2D eigenvalue weighted by atomic mass is 15.3. The Morgan fingerprint density at radius 2 is 2.05 bits per heavy atom. The minimum absolute atomic E-state index is 0.563. The molecule has 1 N–H and O–H groups in total. The van der Waals surface area contributed by atoms with Gasteiger partial charge < -0.3 is 9.55 Å². The average molecular weight is 266 g/mol. The van der Waals surface area contributed by atoms with Gasteiger partial charge in [0.05, 0.1) is 5.69 Å². The highest BCUT2D eigenvalue weighted by Crippen LogP contribution is 2.33. The molecule has 2 heterocycles. The third-order valence-corrected chi connectivity index (χ3v) is 4.31. The second kappa shape index (κ2) is 4.47. The van der Waals surface area contributed by atoms with Crippen LogP contribution >= 0.6 is 0 Å². The number of hydrogen-bond acceptors (Lipinski definition) is 2. The van der Waals surface area contributed by atoms with Crippen molar-refractivity contribution in [3.63, 3.8) is 0 Å². The van der Waals surface area contributed by atoms with Crippen LogP contribution in [0.3, 0.4) is 0 Å². The van der Waals surface area contributed by atoms with Crippen molar-refractivity contribution in [3.8, 4) is 11.5 Å². The van der Waals surface area contributed by atoms with E-state index in [4.69, 9.17) is 0 Å². The summed E-state index contributed by atoms with van der Waals surface area (Å²) in [5.41, 5.74) is 3.50. The van der Waals surface area contributed by atoms with Gasteiger partial charge >= 0.3 is 0 Å². The van der Waals surface area contributed by atoms with Crippen LogP contribution in [-0.2, 0) is 0 Å². The molecule has 4 rings (SSSR count). The zero-order valence-corrected chi connectivity index (χ0v) is 11.6. The second-order valence-electron chi connectivity index (χ2n) is 5.77. The van der Waals surface area contributed by atoms with Crippen molar-refractivity contribution in [1.82, 2.24) is 19.7 Å². The standard InChI is InChI=1S/C16H18N4/c1-11-6-7-14-12(8-11)9-15(18-14)16-19-17-10-20(16)13-4-2-3-5-13/h6-10,13,18H,2-5H2,1H3. The lowest BCUT2D eigenvalue weighted by atomic mass is 10.2. The van der Waals surface area contributed by atoms with Crippen molar-refractivity contribution in [2.24, 2.45) is 0 Å². The summed E-state index contributed by atoms with van der Waals surface area (Å²) in [7, 11) is 0. The van der Waals surface area contributed by atoms with Gasteiger partial charge in [0.25, 0.3) is 0 Å². The van der Waals surface area contributed by atoms with E-state index in [0.717, 1.165) is 17.0 Å². The van der Waals surface area contributed by atoms with Crippen LogP contribution in [0.25, 0.3) is 22.4 Å². The molecule has 1 aromatic carbocycles. The number of aromatic amines is 1. The highest BCUT2D eigenvalue weighted by Gasteiger charge is 2.21. The summed E-state index contributed by atoms with van der Waals surface area (Å²) >= 11 is 0. The van der Waals surface area contributed by atoms with Crippen LogP contribution in [0.15, 0.2) is 30.6 Å². The topological polar surface area (TPSA) is 46.5 Å². The van der Waals surface area contributed by atoms with Gasteiger partial charge in [0.2, 0.25) is 0 Å². The molecule has 20 heavy (non-hydrogen) atoms. The van der Waals surface area contributed by atoms with Crippen LogP contribution in [-0.4, -0.2) is 19.7 Å². The van der Waals surface area contributed by atoms with Crippen molar-refractivity contribution >= 4 is 10.9 Å². The molecular weight excluding hydrogens is 248 g/mol. The quantitative estimate of drug-likeness (QED) is 0.765. The van der Waals surface area contributed by atoms with Gasteiger partial charge in [0.1, 0.15) is 6.33 Å². The predicted octanol–water partition coefficient (Wildman–Crippen LogP) is 3.85. The average Bonchev–Trinajstić information content (AvgIpc) is 3.17. The molecule has 1 aliphatic carbocycles. The fourth-order valence-corrected chi connectivity index (χ4v) is 3.26. The first-order valence-corrected chi connectivity index (χ1v) is 7.30. The summed E-state index contributed by atoms with van der Waals surface area (Å²) in [6.45, 7) is 2.12. The molecule has 0 amide bonds. The van der Waals surface area contributed by atoms with Crippen LogP contribution in [0.4, 0.5) is 0 Å². The van der Waals surface area contributed by atoms with Crippen molar-refractivity contribution in [1.29, 1.82) is 0 Å². The van der Waals surface area contributed by atoms with Gasteiger partial charge in [-0.2, -0.15) is 0 Å². The number of nitrogens with one attached hydrogen (secondary N) is 1. The summed E-state index contributed by atoms with van der Waals surface area (Å²) in [5, 5.41) is 9.69. The summed E-state index contributed by atoms with van der Waals surface area (Å²) in [4.78, 5) is 3.47. The Morgan fingerprint density at radius 1 is 1.20 bits per heavy atom. The molecule has 1 fully saturated rings. The van der Waals surface area contributed by atoms with Crippen LogP contribution in [0.1, 0.15) is 37.3 Å². The highest BCUT2D eigenvalue weighted by molar-refractivity contribution is 5.85. The van der Waals surface area contributed by atoms with Crippen LogP contribution in [0, 0.1) is 6.92 Å². The van der Waals surface area contributed by atoms with Crippen molar-refractivity contribution in [3.05, 3.63) is 36.2 Å². The van der Waals surface area contributed by atoms with Gasteiger partial charge in [0.15, 0.2) is 5.82 Å². The molecule has 4 nitrogen and oxygen atoms in total. The molecule has 2 aromatic heterocycles. The van der Waals surface area contributed by atoms with E-state index in [1.54, 1.807) is 0 Å². The zero-order chi connectivity index (χ0) is 13.5. The number of benzene rings is 1. The van der Waals surface area contributed by atoms with Crippen LogP contribution < -0.4 is 0 Å². The Bertz CT molecular complexity index is 747. The van der Waals surface area contributed by atoms with Crippen LogP contribution in [0.2, 0.25) is 0 Å². The molecule has 4 heteroatoms. The van der Waals surface area contributed by atoms with E-state index in [1.165, 1.54) is 36.6 Å². The number of nitrogens with zero attached hydrogens (tertiary/aromatic N) is 3. The number of fused-ring (bicyclic) bond motifs is 1. The van der Waals surface area contributed by atoms with E-state index >= 15 is 0 Å². The Labute approximate surface area is 117 Å². The monoisotopic (exact) mass is 266 g/mol. The lowest BCUT2D eigenvalue weighted by Crippen LogP contribution is -2.05. The molecular formula is C16H18N4. The first-order valence-electron chi connectivity index (χ1n) is 7.30. The summed E-state index contributed by atoms with van der Waals surface area (Å²) < 4.78 is 2.24. The van der Waals surface area contributed by atoms with Crippen molar-refractivity contribution in [2.45, 2.75) is 38.6 Å². The predicted molar refractivity (Wildman–Crippen MR) is 79.6 cm³/mol. The molecule has 3 aromatic rings. The normalized spacial score (nSPS) is 16.2. The zero-order valence-electron chi connectivity index (χ0n) is 11.6. The first-order chi connectivity index (χ1) is 9.81. The summed E-state index contributed by atoms with van der Waals surface area (Å²) in [5.74, 6) is 0.964. The maximum absolute atomic E-state index is 4.33. The maximum atomic E-state index is 4.33.